The van der Waals surface area contributed by atoms with E-state index in [1.165, 1.54) is 51.4 Å². The summed E-state index contributed by atoms with van der Waals surface area (Å²) in [6.45, 7) is 3.10. The van der Waals surface area contributed by atoms with Crippen molar-refractivity contribution in [3.8, 4) is 0 Å². The van der Waals surface area contributed by atoms with Crippen LogP contribution in [-0.2, 0) is 0 Å². The van der Waals surface area contributed by atoms with Gasteiger partial charge in [-0.25, -0.2) is 0 Å². The van der Waals surface area contributed by atoms with Crippen molar-refractivity contribution in [1.29, 1.82) is 0 Å². The van der Waals surface area contributed by atoms with Gasteiger partial charge in [0.15, 0.2) is 0 Å². The molecule has 1 aliphatic rings. The van der Waals surface area contributed by atoms with Gasteiger partial charge in [-0.1, -0.05) is 26.2 Å². The Hall–Kier alpha value is -0.0800. The third kappa shape index (κ3) is 3.58. The van der Waals surface area contributed by atoms with Gasteiger partial charge in [-0.15, -0.1) is 0 Å². The quantitative estimate of drug-likeness (QED) is 0.667. The Morgan fingerprint density at radius 3 is 2.36 bits per heavy atom. The van der Waals surface area contributed by atoms with E-state index in [-0.39, 0.29) is 5.54 Å². The molecule has 0 atom stereocenters. The first-order valence-electron chi connectivity index (χ1n) is 6.19. The minimum atomic E-state index is 0.154. The van der Waals surface area contributed by atoms with Gasteiger partial charge in [-0.3, -0.25) is 0 Å². The molecule has 1 saturated carbocycles. The first-order chi connectivity index (χ1) is 6.70. The van der Waals surface area contributed by atoms with Crippen LogP contribution in [0, 0.1) is 5.92 Å². The zero-order valence-electron chi connectivity index (χ0n) is 9.60. The summed E-state index contributed by atoms with van der Waals surface area (Å²) < 4.78 is 0. The molecule has 0 radical (unpaired) electrons. The predicted molar refractivity (Wildman–Crippen MR) is 62.1 cm³/mol. The van der Waals surface area contributed by atoms with Crippen molar-refractivity contribution in [3.05, 3.63) is 0 Å². The van der Waals surface area contributed by atoms with Crippen molar-refractivity contribution in [3.63, 3.8) is 0 Å². The molecular weight excluding hydrogens is 172 g/mol. The number of hydrogen-bond donors (Lipinski definition) is 2. The van der Waals surface area contributed by atoms with E-state index >= 15 is 0 Å². The molecule has 0 aromatic rings. The molecule has 0 aromatic carbocycles. The van der Waals surface area contributed by atoms with Crippen LogP contribution in [0.25, 0.3) is 0 Å². The molecule has 1 fully saturated rings. The summed E-state index contributed by atoms with van der Waals surface area (Å²) in [6.07, 6.45) is 10.0. The molecule has 4 N–H and O–H groups in total. The molecule has 0 spiro atoms. The monoisotopic (exact) mass is 198 g/mol. The van der Waals surface area contributed by atoms with Crippen molar-refractivity contribution >= 4 is 0 Å². The highest BCUT2D eigenvalue weighted by molar-refractivity contribution is 4.89. The minimum absolute atomic E-state index is 0.154. The molecule has 2 nitrogen and oxygen atoms in total. The van der Waals surface area contributed by atoms with E-state index in [9.17, 15) is 0 Å². The Bertz CT molecular complexity index is 143. The van der Waals surface area contributed by atoms with Gasteiger partial charge in [0.25, 0.3) is 0 Å². The second-order valence-corrected chi connectivity index (χ2v) is 5.00. The number of unbranched alkanes of at least 4 members (excludes halogenated alkanes) is 2. The van der Waals surface area contributed by atoms with Crippen LogP contribution in [0.5, 0.6) is 0 Å². The fraction of sp³-hybridized carbons (Fsp3) is 1.00. The second-order valence-electron chi connectivity index (χ2n) is 5.00. The van der Waals surface area contributed by atoms with E-state index in [1.807, 2.05) is 0 Å². The summed E-state index contributed by atoms with van der Waals surface area (Å²) in [5.41, 5.74) is 12.2. The van der Waals surface area contributed by atoms with Gasteiger partial charge >= 0.3 is 0 Å². The maximum absolute atomic E-state index is 6.38. The zero-order valence-corrected chi connectivity index (χ0v) is 9.60. The molecule has 0 amide bonds. The lowest BCUT2D eigenvalue weighted by molar-refractivity contribution is 0.220. The molecule has 0 saturated heterocycles. The summed E-state index contributed by atoms with van der Waals surface area (Å²) >= 11 is 0. The van der Waals surface area contributed by atoms with Crippen LogP contribution < -0.4 is 11.5 Å². The highest BCUT2D eigenvalue weighted by Gasteiger charge is 2.30. The van der Waals surface area contributed by atoms with Gasteiger partial charge in [0.2, 0.25) is 0 Å². The highest BCUT2D eigenvalue weighted by Crippen LogP contribution is 2.33. The number of hydrogen-bond acceptors (Lipinski definition) is 2. The Balaban J connectivity index is 2.23. The topological polar surface area (TPSA) is 52.0 Å². The fourth-order valence-electron chi connectivity index (χ4n) is 2.47. The van der Waals surface area contributed by atoms with E-state index < -0.39 is 0 Å². The molecular formula is C12H26N2. The van der Waals surface area contributed by atoms with Gasteiger partial charge < -0.3 is 11.5 Å². The first kappa shape index (κ1) is 12.0. The second kappa shape index (κ2) is 5.72. The Labute approximate surface area is 88.4 Å². The maximum atomic E-state index is 6.38. The molecule has 0 heterocycles. The Kier molecular flexibility index (Phi) is 4.90. The molecule has 14 heavy (non-hydrogen) atoms. The molecule has 0 unspecified atom stereocenters. The summed E-state index contributed by atoms with van der Waals surface area (Å²) in [4.78, 5) is 0. The van der Waals surface area contributed by atoms with Gasteiger partial charge in [0, 0.05) is 5.54 Å². The van der Waals surface area contributed by atoms with E-state index in [2.05, 4.69) is 6.92 Å². The molecule has 84 valence electrons. The maximum Gasteiger partial charge on any atom is 0.0154 e. The van der Waals surface area contributed by atoms with Crippen LogP contribution in [0.2, 0.25) is 0 Å². The van der Waals surface area contributed by atoms with E-state index in [1.54, 1.807) is 0 Å². The van der Waals surface area contributed by atoms with Gasteiger partial charge in [0.05, 0.1) is 0 Å². The van der Waals surface area contributed by atoms with Crippen molar-refractivity contribution in [2.24, 2.45) is 17.4 Å². The van der Waals surface area contributed by atoms with Gasteiger partial charge in [-0.2, -0.15) is 0 Å². The zero-order chi connectivity index (χ0) is 10.4. The van der Waals surface area contributed by atoms with Crippen LogP contribution in [0.3, 0.4) is 0 Å². The molecule has 2 heteroatoms. The number of rotatable bonds is 5. The SMILES string of the molecule is CCCCCC1(N)CCC(CN)CC1. The van der Waals surface area contributed by atoms with Crippen LogP contribution >= 0.6 is 0 Å². The summed E-state index contributed by atoms with van der Waals surface area (Å²) in [5.74, 6) is 0.748. The van der Waals surface area contributed by atoms with Crippen molar-refractivity contribution in [2.45, 2.75) is 63.8 Å². The van der Waals surface area contributed by atoms with E-state index in [4.69, 9.17) is 11.5 Å². The average molecular weight is 198 g/mol. The minimum Gasteiger partial charge on any atom is -0.330 e. The summed E-state index contributed by atoms with van der Waals surface area (Å²) in [7, 11) is 0. The number of nitrogens with two attached hydrogens (primary N) is 2. The van der Waals surface area contributed by atoms with Crippen molar-refractivity contribution in [2.75, 3.05) is 6.54 Å². The lowest BCUT2D eigenvalue weighted by Crippen LogP contribution is -2.44. The lowest BCUT2D eigenvalue weighted by atomic mass is 9.74. The van der Waals surface area contributed by atoms with Crippen LogP contribution in [0.4, 0.5) is 0 Å². The molecule has 0 aromatic heterocycles. The van der Waals surface area contributed by atoms with Crippen molar-refractivity contribution < 1.29 is 0 Å². The third-order valence-electron chi connectivity index (χ3n) is 3.71. The smallest absolute Gasteiger partial charge is 0.0154 e. The third-order valence-corrected chi connectivity index (χ3v) is 3.71. The van der Waals surface area contributed by atoms with E-state index in [0.29, 0.717) is 0 Å². The summed E-state index contributed by atoms with van der Waals surface area (Å²) in [6, 6.07) is 0. The normalized spacial score (nSPS) is 33.2. The Morgan fingerprint density at radius 2 is 1.86 bits per heavy atom. The van der Waals surface area contributed by atoms with Gasteiger partial charge in [0.1, 0.15) is 0 Å². The Morgan fingerprint density at radius 1 is 1.21 bits per heavy atom. The molecule has 1 aliphatic carbocycles. The van der Waals surface area contributed by atoms with Gasteiger partial charge in [-0.05, 0) is 44.6 Å². The summed E-state index contributed by atoms with van der Waals surface area (Å²) in [5, 5.41) is 0. The van der Waals surface area contributed by atoms with Crippen LogP contribution in [0.15, 0.2) is 0 Å². The molecule has 0 bridgehead atoms. The molecule has 1 rings (SSSR count). The first-order valence-corrected chi connectivity index (χ1v) is 6.19. The average Bonchev–Trinajstić information content (AvgIpc) is 2.19. The lowest BCUT2D eigenvalue weighted by Gasteiger charge is -2.37. The van der Waals surface area contributed by atoms with Crippen molar-refractivity contribution in [1.82, 2.24) is 0 Å². The largest absolute Gasteiger partial charge is 0.330 e. The standard InChI is InChI=1S/C12H26N2/c1-2-3-4-7-12(14)8-5-11(10-13)6-9-12/h11H,2-10,13-14H2,1H3. The molecule has 0 aliphatic heterocycles. The predicted octanol–water partition coefficient (Wildman–Crippen LogP) is 2.41. The highest BCUT2D eigenvalue weighted by atomic mass is 14.7. The fourth-order valence-corrected chi connectivity index (χ4v) is 2.47. The van der Waals surface area contributed by atoms with Crippen LogP contribution in [0.1, 0.15) is 58.3 Å². The van der Waals surface area contributed by atoms with E-state index in [0.717, 1.165) is 12.5 Å². The van der Waals surface area contributed by atoms with Crippen LogP contribution in [-0.4, -0.2) is 12.1 Å².